The zero-order valence-corrected chi connectivity index (χ0v) is 9.55. The lowest BCUT2D eigenvalue weighted by molar-refractivity contribution is -0.128. The Morgan fingerprint density at radius 3 is 2.47 bits per heavy atom. The summed E-state index contributed by atoms with van der Waals surface area (Å²) in [4.78, 5) is 11.6. The van der Waals surface area contributed by atoms with Crippen LogP contribution in [0.1, 0.15) is 25.7 Å². The second-order valence-corrected chi connectivity index (χ2v) is 4.32. The lowest BCUT2D eigenvalue weighted by Crippen LogP contribution is -2.55. The Morgan fingerprint density at radius 2 is 1.93 bits per heavy atom. The average Bonchev–Trinajstić information content (AvgIpc) is 2.05. The first-order valence-electron chi connectivity index (χ1n) is 5.46. The van der Waals surface area contributed by atoms with Crippen LogP contribution >= 0.6 is 12.4 Å². The lowest BCUT2D eigenvalue weighted by atomic mass is 9.91. The van der Waals surface area contributed by atoms with E-state index in [1.54, 1.807) is 0 Å². The Kier molecular flexibility index (Phi) is 4.83. The van der Waals surface area contributed by atoms with Gasteiger partial charge in [0.05, 0.1) is 18.1 Å². The van der Waals surface area contributed by atoms with E-state index in [1.165, 1.54) is 0 Å². The molecule has 2 fully saturated rings. The summed E-state index contributed by atoms with van der Waals surface area (Å²) in [7, 11) is 0. The van der Waals surface area contributed by atoms with Crippen LogP contribution in [0, 0.1) is 5.92 Å². The van der Waals surface area contributed by atoms with Gasteiger partial charge in [0.2, 0.25) is 5.91 Å². The first-order chi connectivity index (χ1) is 6.77. The quantitative estimate of drug-likeness (QED) is 0.633. The van der Waals surface area contributed by atoms with Crippen molar-refractivity contribution in [2.75, 3.05) is 13.1 Å². The van der Waals surface area contributed by atoms with Gasteiger partial charge < -0.3 is 15.7 Å². The molecule has 2 rings (SSSR count). The average molecular weight is 235 g/mol. The number of carbonyl (C=O) groups excluding carboxylic acids is 1. The van der Waals surface area contributed by atoms with Crippen LogP contribution in [0.15, 0.2) is 0 Å². The third-order valence-electron chi connectivity index (χ3n) is 3.21. The van der Waals surface area contributed by atoms with Crippen molar-refractivity contribution < 1.29 is 9.90 Å². The monoisotopic (exact) mass is 234 g/mol. The number of carbonyl (C=O) groups is 1. The number of aliphatic hydroxyl groups excluding tert-OH is 1. The minimum absolute atomic E-state index is 0. The summed E-state index contributed by atoms with van der Waals surface area (Å²) in [5.74, 6) is 0.235. The molecule has 1 saturated carbocycles. The van der Waals surface area contributed by atoms with E-state index < -0.39 is 0 Å². The number of nitrogens with one attached hydrogen (secondary N) is 2. The fourth-order valence-corrected chi connectivity index (χ4v) is 2.05. The molecule has 0 bridgehead atoms. The topological polar surface area (TPSA) is 61.4 Å². The largest absolute Gasteiger partial charge is 0.391 e. The second-order valence-electron chi connectivity index (χ2n) is 4.32. The van der Waals surface area contributed by atoms with E-state index >= 15 is 0 Å². The molecular weight excluding hydrogens is 216 g/mol. The Balaban J connectivity index is 0.00000112. The smallest absolute Gasteiger partial charge is 0.225 e. The fourth-order valence-electron chi connectivity index (χ4n) is 2.05. The van der Waals surface area contributed by atoms with Gasteiger partial charge in [-0.15, -0.1) is 12.4 Å². The Bertz CT molecular complexity index is 221. The Hall–Kier alpha value is -0.320. The molecule has 3 N–H and O–H groups in total. The van der Waals surface area contributed by atoms with Gasteiger partial charge in [0.15, 0.2) is 0 Å². The maximum atomic E-state index is 11.6. The third kappa shape index (κ3) is 3.06. The molecule has 0 aromatic rings. The van der Waals surface area contributed by atoms with Crippen molar-refractivity contribution in [3.8, 4) is 0 Å². The van der Waals surface area contributed by atoms with Crippen LogP contribution in [0.4, 0.5) is 0 Å². The highest BCUT2D eigenvalue weighted by Gasteiger charge is 2.30. The molecule has 15 heavy (non-hydrogen) atoms. The van der Waals surface area contributed by atoms with E-state index in [2.05, 4.69) is 10.6 Å². The standard InChI is InChI=1S/C10H18N2O2.ClH/c13-9-4-2-1-3-8(9)12-10(14)7-5-11-6-7;/h7-9,11,13H,1-6H2,(H,12,14);1H/t8-,9+;/m0./s1. The van der Waals surface area contributed by atoms with Gasteiger partial charge in [-0.05, 0) is 12.8 Å². The van der Waals surface area contributed by atoms with Gasteiger partial charge in [0.1, 0.15) is 0 Å². The van der Waals surface area contributed by atoms with Crippen molar-refractivity contribution >= 4 is 18.3 Å². The van der Waals surface area contributed by atoms with Crippen LogP contribution in [-0.2, 0) is 4.79 Å². The lowest BCUT2D eigenvalue weighted by Gasteiger charge is -2.32. The van der Waals surface area contributed by atoms with E-state index in [4.69, 9.17) is 0 Å². The molecule has 4 nitrogen and oxygen atoms in total. The van der Waals surface area contributed by atoms with Crippen molar-refractivity contribution in [1.29, 1.82) is 0 Å². The zero-order valence-electron chi connectivity index (χ0n) is 8.74. The fraction of sp³-hybridized carbons (Fsp3) is 0.900. The molecule has 2 aliphatic rings. The summed E-state index contributed by atoms with van der Waals surface area (Å²) in [5.41, 5.74) is 0. The van der Waals surface area contributed by atoms with Gasteiger partial charge in [0, 0.05) is 13.1 Å². The van der Waals surface area contributed by atoms with E-state index in [-0.39, 0.29) is 36.4 Å². The molecule has 1 amide bonds. The van der Waals surface area contributed by atoms with E-state index in [0.29, 0.717) is 0 Å². The molecule has 1 aliphatic carbocycles. The number of amides is 1. The summed E-state index contributed by atoms with van der Waals surface area (Å²) in [6.45, 7) is 1.57. The van der Waals surface area contributed by atoms with Crippen LogP contribution in [-0.4, -0.2) is 36.2 Å². The molecular formula is C10H19ClN2O2. The summed E-state index contributed by atoms with van der Waals surface area (Å²) >= 11 is 0. The summed E-state index contributed by atoms with van der Waals surface area (Å²) < 4.78 is 0. The van der Waals surface area contributed by atoms with Gasteiger partial charge in [-0.2, -0.15) is 0 Å². The van der Waals surface area contributed by atoms with Crippen molar-refractivity contribution in [2.45, 2.75) is 37.8 Å². The summed E-state index contributed by atoms with van der Waals surface area (Å²) in [6.07, 6.45) is 3.62. The number of hydrogen-bond donors (Lipinski definition) is 3. The minimum Gasteiger partial charge on any atom is -0.391 e. The molecule has 0 aromatic heterocycles. The molecule has 0 unspecified atom stereocenters. The summed E-state index contributed by atoms with van der Waals surface area (Å²) in [6, 6.07) is -0.00292. The third-order valence-corrected chi connectivity index (χ3v) is 3.21. The van der Waals surface area contributed by atoms with Crippen LogP contribution in [0.25, 0.3) is 0 Å². The predicted octanol–water partition coefficient (Wildman–Crippen LogP) is 0.0473. The van der Waals surface area contributed by atoms with Gasteiger partial charge >= 0.3 is 0 Å². The molecule has 2 atom stereocenters. The summed E-state index contributed by atoms with van der Waals surface area (Å²) in [5, 5.41) is 15.7. The maximum absolute atomic E-state index is 11.6. The van der Waals surface area contributed by atoms with E-state index in [9.17, 15) is 9.90 Å². The molecule has 88 valence electrons. The Morgan fingerprint density at radius 1 is 1.27 bits per heavy atom. The first kappa shape index (κ1) is 12.7. The number of hydrogen-bond acceptors (Lipinski definition) is 3. The molecule has 0 spiro atoms. The van der Waals surface area contributed by atoms with E-state index in [1.807, 2.05) is 0 Å². The Labute approximate surface area is 96.2 Å². The van der Waals surface area contributed by atoms with Gasteiger partial charge in [-0.1, -0.05) is 12.8 Å². The van der Waals surface area contributed by atoms with Gasteiger partial charge in [-0.3, -0.25) is 4.79 Å². The molecule has 0 aromatic carbocycles. The van der Waals surface area contributed by atoms with Crippen molar-refractivity contribution in [1.82, 2.24) is 10.6 Å². The van der Waals surface area contributed by atoms with Crippen LogP contribution in [0.5, 0.6) is 0 Å². The maximum Gasteiger partial charge on any atom is 0.225 e. The molecule has 5 heteroatoms. The molecule has 0 radical (unpaired) electrons. The highest BCUT2D eigenvalue weighted by atomic mass is 35.5. The number of aliphatic hydroxyl groups is 1. The van der Waals surface area contributed by atoms with Gasteiger partial charge in [0.25, 0.3) is 0 Å². The van der Waals surface area contributed by atoms with Crippen molar-refractivity contribution in [3.63, 3.8) is 0 Å². The second kappa shape index (κ2) is 5.68. The highest BCUT2D eigenvalue weighted by Crippen LogP contribution is 2.18. The van der Waals surface area contributed by atoms with Crippen LogP contribution < -0.4 is 10.6 Å². The van der Waals surface area contributed by atoms with E-state index in [0.717, 1.165) is 38.8 Å². The van der Waals surface area contributed by atoms with Crippen LogP contribution in [0.2, 0.25) is 0 Å². The number of halogens is 1. The SMILES string of the molecule is Cl.O=C(N[C@H]1CCCC[C@H]1O)C1CNC1. The zero-order chi connectivity index (χ0) is 9.97. The predicted molar refractivity (Wildman–Crippen MR) is 60.0 cm³/mol. The van der Waals surface area contributed by atoms with Gasteiger partial charge in [-0.25, -0.2) is 0 Å². The first-order valence-corrected chi connectivity index (χ1v) is 5.46. The molecule has 1 aliphatic heterocycles. The molecule has 1 heterocycles. The normalized spacial score (nSPS) is 31.3. The van der Waals surface area contributed by atoms with Crippen molar-refractivity contribution in [3.05, 3.63) is 0 Å². The highest BCUT2D eigenvalue weighted by molar-refractivity contribution is 5.85. The van der Waals surface area contributed by atoms with Crippen LogP contribution in [0.3, 0.4) is 0 Å². The minimum atomic E-state index is -0.333. The number of rotatable bonds is 2. The van der Waals surface area contributed by atoms with Crippen molar-refractivity contribution in [2.24, 2.45) is 5.92 Å². The molecule has 1 saturated heterocycles.